The summed E-state index contributed by atoms with van der Waals surface area (Å²) in [4.78, 5) is 16.4. The van der Waals surface area contributed by atoms with Crippen molar-refractivity contribution in [1.82, 2.24) is 4.98 Å². The van der Waals surface area contributed by atoms with Crippen LogP contribution in [0, 0.1) is 0 Å². The predicted molar refractivity (Wildman–Crippen MR) is 81.1 cm³/mol. The summed E-state index contributed by atoms with van der Waals surface area (Å²) in [6.45, 7) is 0. The molecule has 0 fully saturated rings. The highest BCUT2D eigenvalue weighted by molar-refractivity contribution is 6.30. The minimum atomic E-state index is -0.189. The Balaban J connectivity index is 1.86. The first-order chi connectivity index (χ1) is 9.72. The molecule has 1 heterocycles. The second-order valence-corrected chi connectivity index (χ2v) is 4.81. The van der Waals surface area contributed by atoms with Crippen molar-refractivity contribution in [3.63, 3.8) is 0 Å². The molecule has 0 atom stereocenters. The zero-order valence-corrected chi connectivity index (χ0v) is 11.3. The van der Waals surface area contributed by atoms with Gasteiger partial charge >= 0.3 is 0 Å². The number of hydrogen-bond donors (Lipinski definition) is 1. The number of nitrogens with one attached hydrogen (secondary N) is 1. The lowest BCUT2D eigenvalue weighted by atomic mass is 10.1. The van der Waals surface area contributed by atoms with E-state index in [1.807, 2.05) is 30.3 Å². The van der Waals surface area contributed by atoms with Gasteiger partial charge in [-0.3, -0.25) is 9.78 Å². The van der Waals surface area contributed by atoms with Gasteiger partial charge in [-0.25, -0.2) is 0 Å². The monoisotopic (exact) mass is 282 g/mol. The number of anilines is 1. The number of pyridine rings is 1. The van der Waals surface area contributed by atoms with Crippen molar-refractivity contribution < 1.29 is 4.79 Å². The molecule has 0 radical (unpaired) electrons. The minimum Gasteiger partial charge on any atom is -0.322 e. The summed E-state index contributed by atoms with van der Waals surface area (Å²) in [6, 6.07) is 16.5. The van der Waals surface area contributed by atoms with E-state index in [-0.39, 0.29) is 5.91 Å². The second kappa shape index (κ2) is 5.31. The lowest BCUT2D eigenvalue weighted by Crippen LogP contribution is -2.12. The summed E-state index contributed by atoms with van der Waals surface area (Å²) in [5.41, 5.74) is 2.10. The van der Waals surface area contributed by atoms with Crippen LogP contribution in [0.5, 0.6) is 0 Å². The smallest absolute Gasteiger partial charge is 0.257 e. The summed E-state index contributed by atoms with van der Waals surface area (Å²) in [5, 5.41) is 4.39. The zero-order valence-electron chi connectivity index (χ0n) is 10.5. The number of hydrogen-bond acceptors (Lipinski definition) is 2. The van der Waals surface area contributed by atoms with E-state index in [1.165, 1.54) is 0 Å². The first-order valence-corrected chi connectivity index (χ1v) is 6.52. The van der Waals surface area contributed by atoms with Crippen molar-refractivity contribution in [3.05, 3.63) is 71.4 Å². The van der Waals surface area contributed by atoms with Crippen LogP contribution in [0.1, 0.15) is 10.4 Å². The van der Waals surface area contributed by atoms with Crippen LogP contribution in [0.2, 0.25) is 5.02 Å². The van der Waals surface area contributed by atoms with Crippen molar-refractivity contribution in [3.8, 4) is 0 Å². The third kappa shape index (κ3) is 2.63. The van der Waals surface area contributed by atoms with Gasteiger partial charge in [0, 0.05) is 22.3 Å². The molecule has 4 heteroatoms. The fourth-order valence-corrected chi connectivity index (χ4v) is 2.06. The standard InChI is InChI=1S/C16H11ClN2O/c17-13-5-7-14(8-6-13)19-16(20)12-9-11-3-1-2-4-15(11)18-10-12/h1-10H,(H,19,20). The topological polar surface area (TPSA) is 42.0 Å². The first kappa shape index (κ1) is 12.6. The third-order valence-electron chi connectivity index (χ3n) is 2.95. The Hall–Kier alpha value is -2.39. The molecule has 0 saturated heterocycles. The number of carbonyl (C=O) groups is 1. The van der Waals surface area contributed by atoms with Crippen LogP contribution in [0.15, 0.2) is 60.8 Å². The van der Waals surface area contributed by atoms with Gasteiger partial charge in [0.2, 0.25) is 0 Å². The molecule has 0 spiro atoms. The SMILES string of the molecule is O=C(Nc1ccc(Cl)cc1)c1cnc2ccccc2c1. The molecule has 0 aliphatic heterocycles. The van der Waals surface area contributed by atoms with Crippen LogP contribution in [0.4, 0.5) is 5.69 Å². The van der Waals surface area contributed by atoms with Gasteiger partial charge in [0.25, 0.3) is 5.91 Å². The third-order valence-corrected chi connectivity index (χ3v) is 3.21. The Bertz CT molecular complexity index is 769. The van der Waals surface area contributed by atoms with E-state index < -0.39 is 0 Å². The first-order valence-electron chi connectivity index (χ1n) is 6.14. The summed E-state index contributed by atoms with van der Waals surface area (Å²) in [5.74, 6) is -0.189. The number of aromatic nitrogens is 1. The molecule has 0 aliphatic rings. The van der Waals surface area contributed by atoms with Crippen LogP contribution < -0.4 is 5.32 Å². The molecule has 2 aromatic carbocycles. The highest BCUT2D eigenvalue weighted by Crippen LogP contribution is 2.16. The fourth-order valence-electron chi connectivity index (χ4n) is 1.93. The molecule has 0 bridgehead atoms. The maximum absolute atomic E-state index is 12.2. The molecular weight excluding hydrogens is 272 g/mol. The molecule has 1 N–H and O–H groups in total. The number of fused-ring (bicyclic) bond motifs is 1. The Morgan fingerprint density at radius 3 is 2.60 bits per heavy atom. The highest BCUT2D eigenvalue weighted by Gasteiger charge is 2.07. The van der Waals surface area contributed by atoms with Gasteiger partial charge in [-0.1, -0.05) is 29.8 Å². The number of amides is 1. The van der Waals surface area contributed by atoms with E-state index in [0.29, 0.717) is 16.3 Å². The number of carbonyl (C=O) groups excluding carboxylic acids is 1. The van der Waals surface area contributed by atoms with E-state index in [1.54, 1.807) is 30.5 Å². The number of benzene rings is 2. The number of halogens is 1. The van der Waals surface area contributed by atoms with Gasteiger partial charge < -0.3 is 5.32 Å². The number of nitrogens with zero attached hydrogens (tertiary/aromatic N) is 1. The molecular formula is C16H11ClN2O. The normalized spacial score (nSPS) is 10.4. The van der Waals surface area contributed by atoms with Gasteiger partial charge in [-0.15, -0.1) is 0 Å². The number of para-hydroxylation sites is 1. The second-order valence-electron chi connectivity index (χ2n) is 4.38. The average molecular weight is 283 g/mol. The fraction of sp³-hybridized carbons (Fsp3) is 0. The van der Waals surface area contributed by atoms with Crippen LogP contribution in [0.3, 0.4) is 0 Å². The lowest BCUT2D eigenvalue weighted by Gasteiger charge is -2.06. The van der Waals surface area contributed by atoms with Gasteiger partial charge in [0.1, 0.15) is 0 Å². The molecule has 1 amide bonds. The molecule has 3 nitrogen and oxygen atoms in total. The Labute approximate surface area is 121 Å². The maximum atomic E-state index is 12.2. The molecule has 0 unspecified atom stereocenters. The van der Waals surface area contributed by atoms with Gasteiger partial charge in [0.15, 0.2) is 0 Å². The summed E-state index contributed by atoms with van der Waals surface area (Å²) < 4.78 is 0. The van der Waals surface area contributed by atoms with E-state index in [9.17, 15) is 4.79 Å². The molecule has 20 heavy (non-hydrogen) atoms. The van der Waals surface area contributed by atoms with Gasteiger partial charge in [-0.2, -0.15) is 0 Å². The van der Waals surface area contributed by atoms with Crippen molar-refractivity contribution in [2.45, 2.75) is 0 Å². The van der Waals surface area contributed by atoms with E-state index >= 15 is 0 Å². The lowest BCUT2D eigenvalue weighted by molar-refractivity contribution is 0.102. The average Bonchev–Trinajstić information content (AvgIpc) is 2.49. The van der Waals surface area contributed by atoms with E-state index in [4.69, 9.17) is 11.6 Å². The number of rotatable bonds is 2. The Morgan fingerprint density at radius 1 is 1.05 bits per heavy atom. The molecule has 0 saturated carbocycles. The van der Waals surface area contributed by atoms with Crippen LogP contribution >= 0.6 is 11.6 Å². The molecule has 1 aromatic heterocycles. The summed E-state index contributed by atoms with van der Waals surface area (Å²) in [7, 11) is 0. The Kier molecular flexibility index (Phi) is 3.35. The largest absolute Gasteiger partial charge is 0.322 e. The zero-order chi connectivity index (χ0) is 13.9. The predicted octanol–water partition coefficient (Wildman–Crippen LogP) is 4.14. The van der Waals surface area contributed by atoms with Crippen LogP contribution in [0.25, 0.3) is 10.9 Å². The summed E-state index contributed by atoms with van der Waals surface area (Å²) >= 11 is 5.81. The van der Waals surface area contributed by atoms with Crippen molar-refractivity contribution in [1.29, 1.82) is 0 Å². The van der Waals surface area contributed by atoms with E-state index in [2.05, 4.69) is 10.3 Å². The van der Waals surface area contributed by atoms with Crippen molar-refractivity contribution in [2.75, 3.05) is 5.32 Å². The maximum Gasteiger partial charge on any atom is 0.257 e. The van der Waals surface area contributed by atoms with Crippen LogP contribution in [-0.2, 0) is 0 Å². The van der Waals surface area contributed by atoms with Crippen molar-refractivity contribution >= 4 is 34.1 Å². The quantitative estimate of drug-likeness (QED) is 0.767. The van der Waals surface area contributed by atoms with E-state index in [0.717, 1.165) is 10.9 Å². The molecule has 0 aliphatic carbocycles. The summed E-state index contributed by atoms with van der Waals surface area (Å²) in [6.07, 6.45) is 1.58. The molecule has 3 rings (SSSR count). The highest BCUT2D eigenvalue weighted by atomic mass is 35.5. The van der Waals surface area contributed by atoms with Crippen molar-refractivity contribution in [2.24, 2.45) is 0 Å². The van der Waals surface area contributed by atoms with Gasteiger partial charge in [-0.05, 0) is 36.4 Å². The van der Waals surface area contributed by atoms with Crippen LogP contribution in [-0.4, -0.2) is 10.9 Å². The Morgan fingerprint density at radius 2 is 1.80 bits per heavy atom. The van der Waals surface area contributed by atoms with Gasteiger partial charge in [0.05, 0.1) is 11.1 Å². The minimum absolute atomic E-state index is 0.189. The molecule has 98 valence electrons. The molecule has 3 aromatic rings.